The number of rotatable bonds is 3. The van der Waals surface area contributed by atoms with Crippen molar-refractivity contribution in [1.29, 1.82) is 0 Å². The van der Waals surface area contributed by atoms with Crippen molar-refractivity contribution in [2.24, 2.45) is 5.73 Å². The maximum atomic E-state index is 10.6. The first kappa shape index (κ1) is 10.4. The van der Waals surface area contributed by atoms with Crippen LogP contribution in [0.1, 0.15) is 12.5 Å². The van der Waals surface area contributed by atoms with Crippen LogP contribution < -0.4 is 15.8 Å². The number of anilines is 1. The lowest BCUT2D eigenvalue weighted by molar-refractivity contribution is 0.259. The van der Waals surface area contributed by atoms with E-state index in [2.05, 4.69) is 5.32 Å². The van der Waals surface area contributed by atoms with Crippen LogP contribution >= 0.6 is 0 Å². The molecule has 0 aliphatic heterocycles. The zero-order valence-corrected chi connectivity index (χ0v) is 8.33. The Morgan fingerprint density at radius 2 is 2.29 bits per heavy atom. The topological polar surface area (TPSA) is 64.3 Å². The lowest BCUT2D eigenvalue weighted by Crippen LogP contribution is -2.19. The summed E-state index contributed by atoms with van der Waals surface area (Å²) >= 11 is 0. The fraction of sp³-hybridized carbons (Fsp3) is 0.300. The molecule has 1 aromatic rings. The summed E-state index contributed by atoms with van der Waals surface area (Å²) in [4.78, 5) is 10.6. The lowest BCUT2D eigenvalue weighted by Gasteiger charge is -2.09. The van der Waals surface area contributed by atoms with Crippen molar-refractivity contribution in [2.45, 2.75) is 13.8 Å². The van der Waals surface area contributed by atoms with Gasteiger partial charge in [0.1, 0.15) is 5.75 Å². The molecule has 0 bridgehead atoms. The van der Waals surface area contributed by atoms with Crippen molar-refractivity contribution >= 4 is 11.7 Å². The number of urea groups is 1. The summed E-state index contributed by atoms with van der Waals surface area (Å²) < 4.78 is 5.37. The molecule has 0 heterocycles. The first-order valence-corrected chi connectivity index (χ1v) is 4.43. The highest BCUT2D eigenvalue weighted by atomic mass is 16.5. The number of ether oxygens (including phenoxy) is 1. The van der Waals surface area contributed by atoms with Crippen LogP contribution in [0.5, 0.6) is 5.75 Å². The Morgan fingerprint density at radius 3 is 2.86 bits per heavy atom. The van der Waals surface area contributed by atoms with Crippen LogP contribution in [-0.4, -0.2) is 12.6 Å². The van der Waals surface area contributed by atoms with Crippen molar-refractivity contribution in [2.75, 3.05) is 11.9 Å². The highest BCUT2D eigenvalue weighted by molar-refractivity contribution is 5.88. The first-order chi connectivity index (χ1) is 6.63. The Morgan fingerprint density at radius 1 is 1.57 bits per heavy atom. The first-order valence-electron chi connectivity index (χ1n) is 4.43. The van der Waals surface area contributed by atoms with Gasteiger partial charge in [0.25, 0.3) is 0 Å². The van der Waals surface area contributed by atoms with E-state index < -0.39 is 6.03 Å². The van der Waals surface area contributed by atoms with Gasteiger partial charge in [-0.25, -0.2) is 4.79 Å². The van der Waals surface area contributed by atoms with E-state index in [0.717, 1.165) is 11.3 Å². The van der Waals surface area contributed by atoms with Gasteiger partial charge >= 0.3 is 6.03 Å². The Labute approximate surface area is 83.1 Å². The number of benzene rings is 1. The average Bonchev–Trinajstić information content (AvgIpc) is 2.10. The highest BCUT2D eigenvalue weighted by Gasteiger charge is 2.01. The minimum atomic E-state index is -0.573. The molecule has 14 heavy (non-hydrogen) atoms. The monoisotopic (exact) mass is 194 g/mol. The summed E-state index contributed by atoms with van der Waals surface area (Å²) in [5.41, 5.74) is 6.67. The van der Waals surface area contributed by atoms with Gasteiger partial charge in [0.05, 0.1) is 6.61 Å². The molecule has 0 aromatic heterocycles. The van der Waals surface area contributed by atoms with Gasteiger partial charge in [0, 0.05) is 11.8 Å². The van der Waals surface area contributed by atoms with Crippen LogP contribution in [0.4, 0.5) is 10.5 Å². The zero-order valence-electron chi connectivity index (χ0n) is 8.33. The fourth-order valence-electron chi connectivity index (χ4n) is 1.13. The molecule has 2 amide bonds. The number of nitrogens with two attached hydrogens (primary N) is 1. The second kappa shape index (κ2) is 4.50. The second-order valence-corrected chi connectivity index (χ2v) is 2.90. The molecule has 76 valence electrons. The summed E-state index contributed by atoms with van der Waals surface area (Å²) in [6.45, 7) is 4.45. The van der Waals surface area contributed by atoms with E-state index in [4.69, 9.17) is 10.5 Å². The van der Waals surface area contributed by atoms with E-state index >= 15 is 0 Å². The van der Waals surface area contributed by atoms with Crippen LogP contribution in [0, 0.1) is 6.92 Å². The zero-order chi connectivity index (χ0) is 10.6. The Kier molecular flexibility index (Phi) is 3.34. The standard InChI is InChI=1S/C10H14N2O2/c1-3-14-9-6-8(12-10(11)13)5-4-7(9)2/h4-6H,3H2,1-2H3,(H3,11,12,13). The molecule has 0 aliphatic rings. The summed E-state index contributed by atoms with van der Waals surface area (Å²) in [6, 6.07) is 4.83. The minimum absolute atomic E-state index is 0.573. The quantitative estimate of drug-likeness (QED) is 0.771. The molecule has 4 heteroatoms. The number of primary amides is 1. The Hall–Kier alpha value is -1.71. The number of nitrogens with one attached hydrogen (secondary N) is 1. The van der Waals surface area contributed by atoms with Crippen molar-refractivity contribution in [3.63, 3.8) is 0 Å². The average molecular weight is 194 g/mol. The molecular formula is C10H14N2O2. The third-order valence-electron chi connectivity index (χ3n) is 1.76. The smallest absolute Gasteiger partial charge is 0.316 e. The van der Waals surface area contributed by atoms with Crippen LogP contribution in [0.2, 0.25) is 0 Å². The molecular weight excluding hydrogens is 180 g/mol. The molecule has 0 saturated carbocycles. The number of hydrogen-bond donors (Lipinski definition) is 2. The Balaban J connectivity index is 2.88. The van der Waals surface area contributed by atoms with Gasteiger partial charge < -0.3 is 15.8 Å². The van der Waals surface area contributed by atoms with E-state index in [-0.39, 0.29) is 0 Å². The van der Waals surface area contributed by atoms with Crippen molar-refractivity contribution < 1.29 is 9.53 Å². The molecule has 0 saturated heterocycles. The Bertz CT molecular complexity index is 337. The molecule has 1 aromatic carbocycles. The predicted octanol–water partition coefficient (Wildman–Crippen LogP) is 1.88. The van der Waals surface area contributed by atoms with E-state index in [0.29, 0.717) is 12.3 Å². The molecule has 0 aliphatic carbocycles. The molecule has 0 atom stereocenters. The fourth-order valence-corrected chi connectivity index (χ4v) is 1.13. The molecule has 1 rings (SSSR count). The van der Waals surface area contributed by atoms with Crippen molar-refractivity contribution in [1.82, 2.24) is 0 Å². The van der Waals surface area contributed by atoms with Gasteiger partial charge in [0.2, 0.25) is 0 Å². The summed E-state index contributed by atoms with van der Waals surface area (Å²) in [6.07, 6.45) is 0. The number of hydrogen-bond acceptors (Lipinski definition) is 2. The third-order valence-corrected chi connectivity index (χ3v) is 1.76. The third kappa shape index (κ3) is 2.65. The van der Waals surface area contributed by atoms with Gasteiger partial charge in [0.15, 0.2) is 0 Å². The van der Waals surface area contributed by atoms with E-state index in [1.54, 1.807) is 12.1 Å². The molecule has 4 nitrogen and oxygen atoms in total. The maximum Gasteiger partial charge on any atom is 0.316 e. The molecule has 0 unspecified atom stereocenters. The van der Waals surface area contributed by atoms with Gasteiger partial charge in [-0.3, -0.25) is 0 Å². The second-order valence-electron chi connectivity index (χ2n) is 2.90. The van der Waals surface area contributed by atoms with Crippen LogP contribution in [-0.2, 0) is 0 Å². The predicted molar refractivity (Wildman–Crippen MR) is 55.6 cm³/mol. The normalized spacial score (nSPS) is 9.57. The molecule has 0 radical (unpaired) electrons. The largest absolute Gasteiger partial charge is 0.494 e. The van der Waals surface area contributed by atoms with Crippen LogP contribution in [0.15, 0.2) is 18.2 Å². The molecule has 3 N–H and O–H groups in total. The lowest BCUT2D eigenvalue weighted by atomic mass is 10.2. The summed E-state index contributed by atoms with van der Waals surface area (Å²) in [5.74, 6) is 0.763. The molecule has 0 fully saturated rings. The number of carbonyl (C=O) groups excluding carboxylic acids is 1. The van der Waals surface area contributed by atoms with Gasteiger partial charge in [-0.05, 0) is 25.5 Å². The van der Waals surface area contributed by atoms with Crippen molar-refractivity contribution in [3.8, 4) is 5.75 Å². The summed E-state index contributed by atoms with van der Waals surface area (Å²) in [5, 5.41) is 2.49. The number of amides is 2. The number of aryl methyl sites for hydroxylation is 1. The molecule has 0 spiro atoms. The van der Waals surface area contributed by atoms with Gasteiger partial charge in [-0.15, -0.1) is 0 Å². The summed E-state index contributed by atoms with van der Waals surface area (Å²) in [7, 11) is 0. The number of carbonyl (C=O) groups is 1. The van der Waals surface area contributed by atoms with Crippen LogP contribution in [0.25, 0.3) is 0 Å². The van der Waals surface area contributed by atoms with E-state index in [9.17, 15) is 4.79 Å². The van der Waals surface area contributed by atoms with E-state index in [1.165, 1.54) is 0 Å². The maximum absolute atomic E-state index is 10.6. The van der Waals surface area contributed by atoms with E-state index in [1.807, 2.05) is 19.9 Å². The van der Waals surface area contributed by atoms with Crippen LogP contribution in [0.3, 0.4) is 0 Å². The minimum Gasteiger partial charge on any atom is -0.494 e. The van der Waals surface area contributed by atoms with Gasteiger partial charge in [-0.2, -0.15) is 0 Å². The van der Waals surface area contributed by atoms with Crippen molar-refractivity contribution in [3.05, 3.63) is 23.8 Å². The highest BCUT2D eigenvalue weighted by Crippen LogP contribution is 2.22. The van der Waals surface area contributed by atoms with Gasteiger partial charge in [-0.1, -0.05) is 6.07 Å². The SMILES string of the molecule is CCOc1cc(NC(N)=O)ccc1C.